The van der Waals surface area contributed by atoms with Crippen LogP contribution in [0.25, 0.3) is 0 Å². The van der Waals surface area contributed by atoms with Crippen LogP contribution < -0.4 is 0 Å². The van der Waals surface area contributed by atoms with Crippen molar-refractivity contribution in [2.75, 3.05) is 5.75 Å². The van der Waals surface area contributed by atoms with Crippen molar-refractivity contribution in [3.63, 3.8) is 0 Å². The van der Waals surface area contributed by atoms with Crippen LogP contribution in [0.3, 0.4) is 0 Å². The van der Waals surface area contributed by atoms with Gasteiger partial charge in [0.25, 0.3) is 0 Å². The third-order valence-electron chi connectivity index (χ3n) is 5.72. The Bertz CT molecular complexity index is 910. The van der Waals surface area contributed by atoms with E-state index in [1.54, 1.807) is 6.26 Å². The minimum absolute atomic E-state index is 0.0793. The third-order valence-corrected chi connectivity index (χ3v) is 6.66. The highest BCUT2D eigenvalue weighted by Gasteiger charge is 2.61. The number of carbonyl (C=O) groups excluding carboxylic acids is 2. The van der Waals surface area contributed by atoms with Crippen LogP contribution in [-0.4, -0.2) is 16.8 Å². The van der Waals surface area contributed by atoms with Crippen LogP contribution >= 0.6 is 11.8 Å². The summed E-state index contributed by atoms with van der Waals surface area (Å²) in [5.74, 6) is 1.39. The van der Waals surface area contributed by atoms with Crippen molar-refractivity contribution >= 4 is 22.8 Å². The van der Waals surface area contributed by atoms with Crippen LogP contribution in [-0.2, 0) is 27.4 Å². The first-order chi connectivity index (χ1) is 13.4. The van der Waals surface area contributed by atoms with E-state index in [9.17, 15) is 9.59 Å². The second kappa shape index (κ2) is 7.63. The fourth-order valence-electron chi connectivity index (χ4n) is 3.89. The van der Waals surface area contributed by atoms with Gasteiger partial charge in [0, 0.05) is 23.3 Å². The number of allylic oxidation sites excluding steroid dienone is 1. The monoisotopic (exact) mass is 396 g/mol. The smallest absolute Gasteiger partial charge is 0.310 e. The zero-order valence-electron chi connectivity index (χ0n) is 16.1. The molecule has 1 saturated heterocycles. The number of furan rings is 1. The molecule has 28 heavy (non-hydrogen) atoms. The minimum atomic E-state index is -0.198. The van der Waals surface area contributed by atoms with Crippen LogP contribution in [0.2, 0.25) is 0 Å². The first-order valence-corrected chi connectivity index (χ1v) is 10.6. The first-order valence-electron chi connectivity index (χ1n) is 9.60. The van der Waals surface area contributed by atoms with Crippen molar-refractivity contribution in [3.05, 3.63) is 71.2 Å². The highest BCUT2D eigenvalue weighted by molar-refractivity contribution is 8.14. The molecule has 2 fully saturated rings. The molecule has 0 bridgehead atoms. The molecule has 0 unspecified atom stereocenters. The average molecular weight is 397 g/mol. The van der Waals surface area contributed by atoms with E-state index in [1.165, 1.54) is 17.3 Å². The lowest BCUT2D eigenvalue weighted by Crippen LogP contribution is -2.10. The maximum absolute atomic E-state index is 12.6. The summed E-state index contributed by atoms with van der Waals surface area (Å²) in [6, 6.07) is 12.0. The molecule has 4 rings (SSSR count). The van der Waals surface area contributed by atoms with Crippen molar-refractivity contribution in [3.8, 4) is 0 Å². The fourth-order valence-corrected chi connectivity index (χ4v) is 4.75. The van der Waals surface area contributed by atoms with Gasteiger partial charge < -0.3 is 9.15 Å². The summed E-state index contributed by atoms with van der Waals surface area (Å²) in [5, 5.41) is 0.152. The third kappa shape index (κ3) is 3.95. The number of benzene rings is 1. The Labute approximate surface area is 169 Å². The molecule has 1 aromatic carbocycles. The number of rotatable bonds is 6. The lowest BCUT2D eigenvalue weighted by atomic mass is 10.1. The number of thioether (sulfide) groups is 1. The Morgan fingerprint density at radius 1 is 1.29 bits per heavy atom. The number of esters is 1. The van der Waals surface area contributed by atoms with Crippen LogP contribution in [0, 0.1) is 17.3 Å². The standard InChI is InChI=1S/C23H24O4S/c1-23(2)19(12-17-8-9-28-22(17)25)20(23)21(24)27-14-16-11-18(26-13-16)10-15-6-4-3-5-7-15/h3-7,11-13,19-20H,8-10,14H2,1-2H3/t19-,20-/m0/s1. The predicted octanol–water partition coefficient (Wildman–Crippen LogP) is 4.78. The molecule has 0 radical (unpaired) electrons. The van der Waals surface area contributed by atoms with E-state index < -0.39 is 0 Å². The number of ether oxygens (including phenoxy) is 1. The second-order valence-electron chi connectivity index (χ2n) is 8.09. The van der Waals surface area contributed by atoms with Gasteiger partial charge in [-0.15, -0.1) is 0 Å². The highest BCUT2D eigenvalue weighted by atomic mass is 32.2. The summed E-state index contributed by atoms with van der Waals surface area (Å²) in [6.45, 7) is 4.33. The molecule has 1 aromatic heterocycles. The summed E-state index contributed by atoms with van der Waals surface area (Å²) in [4.78, 5) is 24.4. The number of hydrogen-bond acceptors (Lipinski definition) is 5. The quantitative estimate of drug-likeness (QED) is 0.520. The molecule has 0 spiro atoms. The van der Waals surface area contributed by atoms with Gasteiger partial charge in [0.2, 0.25) is 5.12 Å². The van der Waals surface area contributed by atoms with E-state index in [0.29, 0.717) is 6.42 Å². The van der Waals surface area contributed by atoms with Gasteiger partial charge in [0.05, 0.1) is 12.2 Å². The molecule has 5 heteroatoms. The van der Waals surface area contributed by atoms with Gasteiger partial charge in [-0.2, -0.15) is 0 Å². The SMILES string of the molecule is CC1(C)[C@H](C(=O)OCc2coc(Cc3ccccc3)c2)[C@@H]1C=C1CCSC1=O. The molecule has 146 valence electrons. The number of carbonyl (C=O) groups is 2. The molecule has 4 nitrogen and oxygen atoms in total. The lowest BCUT2D eigenvalue weighted by molar-refractivity contribution is -0.147. The highest BCUT2D eigenvalue weighted by Crippen LogP contribution is 2.60. The van der Waals surface area contributed by atoms with Gasteiger partial charge in [-0.05, 0) is 29.4 Å². The van der Waals surface area contributed by atoms with Crippen LogP contribution in [0.15, 0.2) is 58.7 Å². The maximum Gasteiger partial charge on any atom is 0.310 e. The van der Waals surface area contributed by atoms with Gasteiger partial charge in [0.1, 0.15) is 12.4 Å². The van der Waals surface area contributed by atoms with Gasteiger partial charge in [-0.25, -0.2) is 0 Å². The molecule has 1 aliphatic carbocycles. The fraction of sp³-hybridized carbons (Fsp3) is 0.391. The van der Waals surface area contributed by atoms with E-state index in [0.717, 1.165) is 29.1 Å². The topological polar surface area (TPSA) is 56.5 Å². The van der Waals surface area contributed by atoms with E-state index in [4.69, 9.17) is 9.15 Å². The van der Waals surface area contributed by atoms with Gasteiger partial charge in [-0.3, -0.25) is 9.59 Å². The molecular weight excluding hydrogens is 372 g/mol. The largest absolute Gasteiger partial charge is 0.469 e. The van der Waals surface area contributed by atoms with Crippen LogP contribution in [0.5, 0.6) is 0 Å². The molecular formula is C23H24O4S. The van der Waals surface area contributed by atoms with Gasteiger partial charge in [-0.1, -0.05) is 62.0 Å². The van der Waals surface area contributed by atoms with Crippen molar-refractivity contribution < 1.29 is 18.7 Å². The Hall–Kier alpha value is -2.27. The van der Waals surface area contributed by atoms with Crippen molar-refractivity contribution in [2.24, 2.45) is 17.3 Å². The predicted molar refractivity (Wildman–Crippen MR) is 109 cm³/mol. The van der Waals surface area contributed by atoms with Crippen LogP contribution in [0.1, 0.15) is 37.2 Å². The van der Waals surface area contributed by atoms with E-state index in [1.807, 2.05) is 30.3 Å². The molecule has 2 aromatic rings. The molecule has 0 amide bonds. The zero-order chi connectivity index (χ0) is 19.7. The Morgan fingerprint density at radius 3 is 2.79 bits per heavy atom. The summed E-state index contributed by atoms with van der Waals surface area (Å²) in [7, 11) is 0. The lowest BCUT2D eigenvalue weighted by Gasteiger charge is -2.03. The second-order valence-corrected chi connectivity index (χ2v) is 9.16. The van der Waals surface area contributed by atoms with Crippen molar-refractivity contribution in [1.82, 2.24) is 0 Å². The molecule has 1 aliphatic heterocycles. The molecule has 1 saturated carbocycles. The Kier molecular flexibility index (Phi) is 5.19. The average Bonchev–Trinajstić information content (AvgIpc) is 3.03. The zero-order valence-corrected chi connectivity index (χ0v) is 17.0. The molecule has 2 heterocycles. The minimum Gasteiger partial charge on any atom is -0.469 e. The summed E-state index contributed by atoms with van der Waals surface area (Å²) >= 11 is 1.36. The van der Waals surface area contributed by atoms with E-state index in [2.05, 4.69) is 26.0 Å². The van der Waals surface area contributed by atoms with E-state index >= 15 is 0 Å². The summed E-state index contributed by atoms with van der Waals surface area (Å²) in [5.41, 5.74) is 2.73. The maximum atomic E-state index is 12.6. The Morgan fingerprint density at radius 2 is 2.07 bits per heavy atom. The van der Waals surface area contributed by atoms with Crippen LogP contribution in [0.4, 0.5) is 0 Å². The molecule has 2 aliphatic rings. The number of hydrogen-bond donors (Lipinski definition) is 0. The van der Waals surface area contributed by atoms with E-state index in [-0.39, 0.29) is 34.9 Å². The van der Waals surface area contributed by atoms with Crippen molar-refractivity contribution in [2.45, 2.75) is 33.3 Å². The molecule has 0 N–H and O–H groups in total. The summed E-state index contributed by atoms with van der Waals surface area (Å²) in [6.07, 6.45) is 5.17. The van der Waals surface area contributed by atoms with Crippen molar-refractivity contribution in [1.29, 1.82) is 0 Å². The summed E-state index contributed by atoms with van der Waals surface area (Å²) < 4.78 is 11.2. The Balaban J connectivity index is 1.33. The van der Waals surface area contributed by atoms with Gasteiger partial charge >= 0.3 is 5.97 Å². The normalized spacial score (nSPS) is 24.5. The molecule has 2 atom stereocenters. The first kappa shape index (κ1) is 19.1. The van der Waals surface area contributed by atoms with Gasteiger partial charge in [0.15, 0.2) is 0 Å².